The Hall–Kier alpha value is -2.81. The standard InChI is InChI=1S/C21H26N6O3/c1-15-12-24-16(13-23-15)18(28)26-9-4-21(5-10-26)20-22-6-11-27(20)14-17(30-21)19(29)25-7-2-3-8-25/h6,11-13,17H,2-5,7-10,14H2,1H3. The van der Waals surface area contributed by atoms with Gasteiger partial charge in [0.2, 0.25) is 0 Å². The minimum atomic E-state index is -0.641. The number of hydrogen-bond acceptors (Lipinski definition) is 6. The van der Waals surface area contributed by atoms with Crippen molar-refractivity contribution in [3.63, 3.8) is 0 Å². The molecule has 0 radical (unpaired) electrons. The minimum Gasteiger partial charge on any atom is -0.352 e. The van der Waals surface area contributed by atoms with Gasteiger partial charge in [-0.15, -0.1) is 0 Å². The van der Waals surface area contributed by atoms with Crippen molar-refractivity contribution in [3.8, 4) is 0 Å². The second kappa shape index (κ2) is 7.46. The maximum Gasteiger partial charge on any atom is 0.274 e. The fourth-order valence-electron chi connectivity index (χ4n) is 4.74. The van der Waals surface area contributed by atoms with E-state index in [1.165, 1.54) is 6.20 Å². The largest absolute Gasteiger partial charge is 0.352 e. The third kappa shape index (κ3) is 3.27. The van der Waals surface area contributed by atoms with Crippen LogP contribution in [0.4, 0.5) is 0 Å². The van der Waals surface area contributed by atoms with Crippen molar-refractivity contribution in [3.05, 3.63) is 42.0 Å². The fraction of sp³-hybridized carbons (Fsp3) is 0.571. The Balaban J connectivity index is 1.33. The van der Waals surface area contributed by atoms with E-state index in [0.717, 1.165) is 37.4 Å². The number of rotatable bonds is 2. The third-order valence-electron chi connectivity index (χ3n) is 6.40. The van der Waals surface area contributed by atoms with Gasteiger partial charge in [0.25, 0.3) is 11.8 Å². The van der Waals surface area contributed by atoms with Crippen LogP contribution in [-0.4, -0.2) is 73.4 Å². The van der Waals surface area contributed by atoms with Crippen LogP contribution in [0.5, 0.6) is 0 Å². The van der Waals surface area contributed by atoms with Crippen molar-refractivity contribution in [2.75, 3.05) is 26.2 Å². The fourth-order valence-corrected chi connectivity index (χ4v) is 4.74. The highest BCUT2D eigenvalue weighted by molar-refractivity contribution is 5.92. The Labute approximate surface area is 175 Å². The topological polar surface area (TPSA) is 93.5 Å². The van der Waals surface area contributed by atoms with Crippen LogP contribution < -0.4 is 0 Å². The van der Waals surface area contributed by atoms with E-state index in [1.54, 1.807) is 17.3 Å². The lowest BCUT2D eigenvalue weighted by Gasteiger charge is -2.45. The molecular weight excluding hydrogens is 384 g/mol. The molecule has 3 aliphatic heterocycles. The third-order valence-corrected chi connectivity index (χ3v) is 6.40. The zero-order valence-corrected chi connectivity index (χ0v) is 17.2. The molecule has 0 aromatic carbocycles. The van der Waals surface area contributed by atoms with Crippen LogP contribution in [0.15, 0.2) is 24.8 Å². The number of amides is 2. The Morgan fingerprint density at radius 3 is 2.50 bits per heavy atom. The first-order chi connectivity index (χ1) is 14.6. The van der Waals surface area contributed by atoms with Crippen molar-refractivity contribution in [2.45, 2.75) is 50.9 Å². The Morgan fingerprint density at radius 2 is 1.80 bits per heavy atom. The number of likely N-dealkylation sites (tertiary alicyclic amines) is 2. The Bertz CT molecular complexity index is 942. The van der Waals surface area contributed by atoms with E-state index in [4.69, 9.17) is 4.74 Å². The molecule has 5 rings (SSSR count). The van der Waals surface area contributed by atoms with Crippen molar-refractivity contribution < 1.29 is 14.3 Å². The molecule has 2 saturated heterocycles. The average Bonchev–Trinajstić information content (AvgIpc) is 3.46. The molecule has 0 N–H and O–H groups in total. The van der Waals surface area contributed by atoms with Gasteiger partial charge in [-0.1, -0.05) is 0 Å². The number of hydrogen-bond donors (Lipinski definition) is 0. The van der Waals surface area contributed by atoms with E-state index in [-0.39, 0.29) is 11.8 Å². The van der Waals surface area contributed by atoms with Gasteiger partial charge in [-0.2, -0.15) is 0 Å². The Morgan fingerprint density at radius 1 is 1.03 bits per heavy atom. The summed E-state index contributed by atoms with van der Waals surface area (Å²) < 4.78 is 8.53. The lowest BCUT2D eigenvalue weighted by atomic mass is 9.88. The number of imidazole rings is 1. The number of nitrogens with zero attached hydrogens (tertiary/aromatic N) is 6. The highest BCUT2D eigenvalue weighted by Crippen LogP contribution is 2.40. The van der Waals surface area contributed by atoms with E-state index in [0.29, 0.717) is 38.2 Å². The molecule has 1 atom stereocenters. The number of ether oxygens (including phenoxy) is 1. The van der Waals surface area contributed by atoms with Gasteiger partial charge in [0.05, 0.1) is 18.4 Å². The summed E-state index contributed by atoms with van der Waals surface area (Å²) in [5, 5.41) is 0. The first kappa shape index (κ1) is 19.2. The molecule has 1 spiro atoms. The second-order valence-corrected chi connectivity index (χ2v) is 8.37. The molecule has 0 saturated carbocycles. The number of aromatic nitrogens is 4. The quantitative estimate of drug-likeness (QED) is 0.737. The molecule has 0 aliphatic carbocycles. The molecule has 0 bridgehead atoms. The van der Waals surface area contributed by atoms with Crippen LogP contribution >= 0.6 is 0 Å². The molecule has 5 heterocycles. The van der Waals surface area contributed by atoms with Gasteiger partial charge in [-0.3, -0.25) is 14.6 Å². The molecule has 1 unspecified atom stereocenters. The number of aryl methyl sites for hydroxylation is 1. The summed E-state index contributed by atoms with van der Waals surface area (Å²) in [6, 6.07) is 0. The predicted octanol–water partition coefficient (Wildman–Crippen LogP) is 1.13. The van der Waals surface area contributed by atoms with Gasteiger partial charge in [0.1, 0.15) is 17.1 Å². The van der Waals surface area contributed by atoms with Crippen molar-refractivity contribution in [1.82, 2.24) is 29.3 Å². The zero-order valence-electron chi connectivity index (χ0n) is 17.2. The van der Waals surface area contributed by atoms with Crippen LogP contribution in [-0.2, 0) is 21.7 Å². The van der Waals surface area contributed by atoms with Gasteiger partial charge in [-0.05, 0) is 19.8 Å². The first-order valence-electron chi connectivity index (χ1n) is 10.6. The van der Waals surface area contributed by atoms with E-state index in [1.807, 2.05) is 22.6 Å². The average molecular weight is 410 g/mol. The highest BCUT2D eigenvalue weighted by atomic mass is 16.5. The van der Waals surface area contributed by atoms with Crippen LogP contribution in [0.3, 0.4) is 0 Å². The smallest absolute Gasteiger partial charge is 0.274 e. The lowest BCUT2D eigenvalue weighted by Crippen LogP contribution is -2.55. The van der Waals surface area contributed by atoms with E-state index < -0.39 is 11.7 Å². The molecule has 30 heavy (non-hydrogen) atoms. The molecule has 2 aromatic rings. The number of fused-ring (bicyclic) bond motifs is 2. The lowest BCUT2D eigenvalue weighted by molar-refractivity contribution is -0.179. The van der Waals surface area contributed by atoms with Crippen LogP contribution in [0.25, 0.3) is 0 Å². The summed E-state index contributed by atoms with van der Waals surface area (Å²) in [4.78, 5) is 42.5. The van der Waals surface area contributed by atoms with Crippen LogP contribution in [0.1, 0.15) is 47.7 Å². The van der Waals surface area contributed by atoms with Gasteiger partial charge < -0.3 is 19.1 Å². The molecule has 3 aliphatic rings. The van der Waals surface area contributed by atoms with E-state index in [9.17, 15) is 9.59 Å². The minimum absolute atomic E-state index is 0.0691. The molecule has 158 valence electrons. The van der Waals surface area contributed by atoms with Crippen LogP contribution in [0.2, 0.25) is 0 Å². The zero-order chi connectivity index (χ0) is 20.7. The summed E-state index contributed by atoms with van der Waals surface area (Å²) in [6.45, 7) is 4.99. The van der Waals surface area contributed by atoms with Crippen molar-refractivity contribution in [2.24, 2.45) is 0 Å². The molecule has 2 fully saturated rings. The SMILES string of the molecule is Cc1cnc(C(=O)N2CCC3(CC2)OC(C(=O)N2CCCC2)Cn2ccnc23)cn1. The summed E-state index contributed by atoms with van der Waals surface area (Å²) in [6.07, 6.45) is 9.61. The number of carbonyl (C=O) groups is 2. The number of piperidine rings is 1. The highest BCUT2D eigenvalue weighted by Gasteiger charge is 2.48. The molecular formula is C21H26N6O3. The molecule has 9 heteroatoms. The summed E-state index contributed by atoms with van der Waals surface area (Å²) in [5.74, 6) is 0.802. The first-order valence-corrected chi connectivity index (χ1v) is 10.6. The van der Waals surface area contributed by atoms with Crippen molar-refractivity contribution >= 4 is 11.8 Å². The maximum absolute atomic E-state index is 13.0. The van der Waals surface area contributed by atoms with Gasteiger partial charge in [0.15, 0.2) is 6.10 Å². The maximum atomic E-state index is 13.0. The number of carbonyl (C=O) groups excluding carboxylic acids is 2. The van der Waals surface area contributed by atoms with Gasteiger partial charge in [-0.25, -0.2) is 9.97 Å². The summed E-state index contributed by atoms with van der Waals surface area (Å²) in [5.41, 5.74) is 0.488. The monoisotopic (exact) mass is 410 g/mol. The van der Waals surface area contributed by atoms with E-state index in [2.05, 4.69) is 15.0 Å². The predicted molar refractivity (Wildman–Crippen MR) is 106 cm³/mol. The van der Waals surface area contributed by atoms with Crippen LogP contribution in [0, 0.1) is 6.92 Å². The van der Waals surface area contributed by atoms with Crippen molar-refractivity contribution in [1.29, 1.82) is 0 Å². The second-order valence-electron chi connectivity index (χ2n) is 8.37. The summed E-state index contributed by atoms with van der Waals surface area (Å²) in [7, 11) is 0. The molecule has 9 nitrogen and oxygen atoms in total. The normalized spacial score (nSPS) is 22.9. The Kier molecular flexibility index (Phi) is 4.77. The molecule has 2 amide bonds. The van der Waals surface area contributed by atoms with Gasteiger partial charge in [0, 0.05) is 57.6 Å². The summed E-state index contributed by atoms with van der Waals surface area (Å²) >= 11 is 0. The van der Waals surface area contributed by atoms with Gasteiger partial charge >= 0.3 is 0 Å². The molecule has 2 aromatic heterocycles. The van der Waals surface area contributed by atoms with E-state index >= 15 is 0 Å².